The van der Waals surface area contributed by atoms with Gasteiger partial charge in [-0.25, -0.2) is 9.97 Å². The fraction of sp³-hybridized carbons (Fsp3) is 0.391. The number of thiazole rings is 1. The maximum atomic E-state index is 5.34. The highest BCUT2D eigenvalue weighted by molar-refractivity contribution is 7.18. The third kappa shape index (κ3) is 4.51. The lowest BCUT2D eigenvalue weighted by atomic mass is 10.1. The smallest absolute Gasteiger partial charge is 0.226 e. The molecule has 3 aromatic heterocycles. The van der Waals surface area contributed by atoms with Crippen molar-refractivity contribution < 1.29 is 4.52 Å². The molecule has 1 fully saturated rings. The molecule has 0 unspecified atom stereocenters. The molecule has 6 nitrogen and oxygen atoms in total. The second kappa shape index (κ2) is 8.52. The molecule has 1 aliphatic carbocycles. The van der Waals surface area contributed by atoms with Crippen LogP contribution in [0.3, 0.4) is 0 Å². The first-order chi connectivity index (χ1) is 14.7. The van der Waals surface area contributed by atoms with E-state index in [1.165, 1.54) is 28.7 Å². The summed E-state index contributed by atoms with van der Waals surface area (Å²) in [5, 5.41) is 8.62. The maximum absolute atomic E-state index is 5.34. The van der Waals surface area contributed by atoms with Crippen LogP contribution in [-0.4, -0.2) is 26.7 Å². The number of hydrogen-bond donors (Lipinski definition) is 1. The SMILES string of the molecule is Cc1nc2ccc(-c3ccnc(NCCCCCc4nc(C5CC5)no4)c3)cc2s1. The van der Waals surface area contributed by atoms with Crippen LogP contribution in [0.25, 0.3) is 21.3 Å². The normalized spacial score (nSPS) is 13.8. The number of pyridine rings is 1. The Balaban J connectivity index is 1.10. The van der Waals surface area contributed by atoms with Gasteiger partial charge in [0.1, 0.15) is 5.82 Å². The molecule has 0 spiro atoms. The van der Waals surface area contributed by atoms with Crippen LogP contribution >= 0.6 is 11.3 Å². The Kier molecular flexibility index (Phi) is 5.45. The zero-order valence-electron chi connectivity index (χ0n) is 17.1. The molecular formula is C23H25N5OS. The number of aromatic nitrogens is 4. The highest BCUT2D eigenvalue weighted by Crippen LogP contribution is 2.38. The van der Waals surface area contributed by atoms with E-state index in [0.29, 0.717) is 5.92 Å². The Morgan fingerprint density at radius 2 is 1.97 bits per heavy atom. The summed E-state index contributed by atoms with van der Waals surface area (Å²) >= 11 is 1.73. The third-order valence-corrected chi connectivity index (χ3v) is 6.32. The molecule has 0 amide bonds. The van der Waals surface area contributed by atoms with Crippen molar-refractivity contribution in [1.29, 1.82) is 0 Å². The van der Waals surface area contributed by atoms with Crippen molar-refractivity contribution in [1.82, 2.24) is 20.1 Å². The van der Waals surface area contributed by atoms with E-state index in [1.54, 1.807) is 11.3 Å². The summed E-state index contributed by atoms with van der Waals surface area (Å²) in [5.41, 5.74) is 3.43. The number of benzene rings is 1. The van der Waals surface area contributed by atoms with Gasteiger partial charge in [0.2, 0.25) is 5.89 Å². The molecule has 0 bridgehead atoms. The third-order valence-electron chi connectivity index (χ3n) is 5.39. The number of hydrogen-bond acceptors (Lipinski definition) is 7. The largest absolute Gasteiger partial charge is 0.370 e. The number of anilines is 1. The lowest BCUT2D eigenvalue weighted by Gasteiger charge is -2.08. The molecule has 0 saturated heterocycles. The van der Waals surface area contributed by atoms with E-state index in [2.05, 4.69) is 55.8 Å². The van der Waals surface area contributed by atoms with E-state index in [1.807, 2.05) is 13.1 Å². The minimum Gasteiger partial charge on any atom is -0.370 e. The van der Waals surface area contributed by atoms with Gasteiger partial charge in [-0.1, -0.05) is 17.6 Å². The van der Waals surface area contributed by atoms with E-state index in [0.717, 1.165) is 60.3 Å². The first kappa shape index (κ1) is 19.2. The zero-order valence-corrected chi connectivity index (χ0v) is 17.9. The second-order valence-electron chi connectivity index (χ2n) is 7.90. The molecule has 1 aliphatic rings. The van der Waals surface area contributed by atoms with Crippen LogP contribution in [0.5, 0.6) is 0 Å². The first-order valence-corrected chi connectivity index (χ1v) is 11.5. The summed E-state index contributed by atoms with van der Waals surface area (Å²) in [4.78, 5) is 13.5. The van der Waals surface area contributed by atoms with Gasteiger partial charge in [0, 0.05) is 25.1 Å². The van der Waals surface area contributed by atoms with Gasteiger partial charge >= 0.3 is 0 Å². The van der Waals surface area contributed by atoms with E-state index in [4.69, 9.17) is 4.52 Å². The summed E-state index contributed by atoms with van der Waals surface area (Å²) in [6.45, 7) is 2.95. The van der Waals surface area contributed by atoms with E-state index in [9.17, 15) is 0 Å². The van der Waals surface area contributed by atoms with E-state index >= 15 is 0 Å². The van der Waals surface area contributed by atoms with Gasteiger partial charge < -0.3 is 9.84 Å². The minimum absolute atomic E-state index is 0.558. The topological polar surface area (TPSA) is 76.7 Å². The van der Waals surface area contributed by atoms with Crippen molar-refractivity contribution in [2.75, 3.05) is 11.9 Å². The van der Waals surface area contributed by atoms with Gasteiger partial charge in [-0.15, -0.1) is 11.3 Å². The molecule has 154 valence electrons. The summed E-state index contributed by atoms with van der Waals surface area (Å²) in [6, 6.07) is 10.6. The van der Waals surface area contributed by atoms with Crippen molar-refractivity contribution in [2.45, 2.75) is 51.4 Å². The van der Waals surface area contributed by atoms with E-state index < -0.39 is 0 Å². The molecule has 0 aliphatic heterocycles. The molecule has 7 heteroatoms. The Labute approximate surface area is 179 Å². The molecule has 0 atom stereocenters. The average Bonchev–Trinajstić information content (AvgIpc) is 3.38. The van der Waals surface area contributed by atoms with Crippen molar-refractivity contribution in [3.8, 4) is 11.1 Å². The van der Waals surface area contributed by atoms with Crippen LogP contribution in [0.15, 0.2) is 41.1 Å². The zero-order chi connectivity index (χ0) is 20.3. The van der Waals surface area contributed by atoms with Crippen LogP contribution in [-0.2, 0) is 6.42 Å². The summed E-state index contributed by atoms with van der Waals surface area (Å²) in [6.07, 6.45) is 8.42. The Bertz CT molecular complexity index is 1150. The second-order valence-corrected chi connectivity index (χ2v) is 9.14. The number of nitrogens with zero attached hydrogens (tertiary/aromatic N) is 4. The lowest BCUT2D eigenvalue weighted by molar-refractivity contribution is 0.369. The minimum atomic E-state index is 0.558. The van der Waals surface area contributed by atoms with Gasteiger partial charge in [-0.2, -0.15) is 4.98 Å². The van der Waals surface area contributed by atoms with Gasteiger partial charge in [0.05, 0.1) is 15.2 Å². The fourth-order valence-electron chi connectivity index (χ4n) is 3.60. The highest BCUT2D eigenvalue weighted by atomic mass is 32.1. The molecule has 1 aromatic carbocycles. The molecule has 5 rings (SSSR count). The van der Waals surface area contributed by atoms with Crippen molar-refractivity contribution in [3.05, 3.63) is 53.3 Å². The van der Waals surface area contributed by atoms with Crippen LogP contribution in [0.2, 0.25) is 0 Å². The van der Waals surface area contributed by atoms with Crippen molar-refractivity contribution in [2.24, 2.45) is 0 Å². The maximum Gasteiger partial charge on any atom is 0.226 e. The molecule has 3 heterocycles. The molecule has 30 heavy (non-hydrogen) atoms. The predicted molar refractivity (Wildman–Crippen MR) is 120 cm³/mol. The lowest BCUT2D eigenvalue weighted by Crippen LogP contribution is -2.03. The van der Waals surface area contributed by atoms with Gasteiger partial charge in [-0.05, 0) is 68.0 Å². The Morgan fingerprint density at radius 1 is 1.07 bits per heavy atom. The highest BCUT2D eigenvalue weighted by Gasteiger charge is 2.28. The molecular weight excluding hydrogens is 394 g/mol. The van der Waals surface area contributed by atoms with Crippen LogP contribution < -0.4 is 5.32 Å². The van der Waals surface area contributed by atoms with E-state index in [-0.39, 0.29) is 0 Å². The van der Waals surface area contributed by atoms with Gasteiger partial charge in [0.15, 0.2) is 5.82 Å². The van der Waals surface area contributed by atoms with Crippen molar-refractivity contribution >= 4 is 27.4 Å². The number of unbranched alkanes of at least 4 members (excludes halogenated alkanes) is 2. The number of aryl methyl sites for hydroxylation is 2. The number of fused-ring (bicyclic) bond motifs is 1. The molecule has 0 radical (unpaired) electrons. The van der Waals surface area contributed by atoms with Crippen LogP contribution in [0, 0.1) is 6.92 Å². The number of rotatable bonds is 9. The Morgan fingerprint density at radius 3 is 2.87 bits per heavy atom. The number of nitrogens with one attached hydrogen (secondary N) is 1. The molecule has 4 aromatic rings. The first-order valence-electron chi connectivity index (χ1n) is 10.6. The summed E-state index contributed by atoms with van der Waals surface area (Å²) in [5.74, 6) is 3.16. The standard InChI is InChI=1S/C23H25N5OS/c1-15-26-19-9-8-17(13-20(19)30-15)18-10-12-25-21(14-18)24-11-4-2-3-5-22-27-23(28-29-22)16-6-7-16/h8-10,12-14,16H,2-7,11H2,1H3,(H,24,25). The summed E-state index contributed by atoms with van der Waals surface area (Å²) in [7, 11) is 0. The van der Waals surface area contributed by atoms with Crippen LogP contribution in [0.1, 0.15) is 54.7 Å². The monoisotopic (exact) mass is 419 g/mol. The van der Waals surface area contributed by atoms with Crippen molar-refractivity contribution in [3.63, 3.8) is 0 Å². The average molecular weight is 420 g/mol. The van der Waals surface area contributed by atoms with Gasteiger partial charge in [-0.3, -0.25) is 0 Å². The molecule has 1 saturated carbocycles. The predicted octanol–water partition coefficient (Wildman–Crippen LogP) is 5.75. The fourth-order valence-corrected chi connectivity index (χ4v) is 4.46. The Hall–Kier alpha value is -2.80. The summed E-state index contributed by atoms with van der Waals surface area (Å²) < 4.78 is 6.56. The van der Waals surface area contributed by atoms with Crippen LogP contribution in [0.4, 0.5) is 5.82 Å². The molecule has 1 N–H and O–H groups in total. The van der Waals surface area contributed by atoms with Gasteiger partial charge in [0.25, 0.3) is 0 Å². The quantitative estimate of drug-likeness (QED) is 0.348.